The molecule has 1 aliphatic rings. The second-order valence-corrected chi connectivity index (χ2v) is 7.64. The van der Waals surface area contributed by atoms with Gasteiger partial charge in [0.2, 0.25) is 5.91 Å². The van der Waals surface area contributed by atoms with Gasteiger partial charge in [-0.1, -0.05) is 0 Å². The van der Waals surface area contributed by atoms with E-state index in [0.29, 0.717) is 37.5 Å². The van der Waals surface area contributed by atoms with E-state index in [1.54, 1.807) is 18.8 Å². The number of amides is 1. The molecule has 3 aromatic rings. The summed E-state index contributed by atoms with van der Waals surface area (Å²) in [6.45, 7) is 0.883. The largest absolute Gasteiger partial charge is 0.490 e. The molecule has 1 saturated carbocycles. The van der Waals surface area contributed by atoms with E-state index in [0.717, 1.165) is 21.5 Å². The lowest BCUT2D eigenvalue weighted by Crippen LogP contribution is -2.37. The first-order valence-electron chi connectivity index (χ1n) is 9.08. The third-order valence-electron chi connectivity index (χ3n) is 4.75. The Morgan fingerprint density at radius 3 is 2.89 bits per heavy atom. The number of ether oxygens (including phenoxy) is 2. The van der Waals surface area contributed by atoms with Crippen LogP contribution in [0.4, 0.5) is 5.69 Å². The molecule has 4 rings (SSSR count). The zero-order chi connectivity index (χ0) is 19.5. The summed E-state index contributed by atoms with van der Waals surface area (Å²) in [5.74, 6) is 0.483. The number of aliphatic hydroxyl groups excluding tert-OH is 1. The number of nitrogens with zero attached hydrogens (tertiary/aromatic N) is 2. The fraction of sp³-hybridized carbons (Fsp3) is 0.350. The fourth-order valence-electron chi connectivity index (χ4n) is 3.14. The Balaban J connectivity index is 1.64. The number of aromatic nitrogens is 2. The molecule has 0 spiro atoms. The number of rotatable bonds is 7. The molecule has 8 heteroatoms. The maximum absolute atomic E-state index is 12.3. The Labute approximate surface area is 166 Å². The molecule has 2 heterocycles. The molecule has 146 valence electrons. The van der Waals surface area contributed by atoms with Gasteiger partial charge in [0, 0.05) is 36.4 Å². The molecule has 1 aromatic carbocycles. The van der Waals surface area contributed by atoms with E-state index in [1.807, 2.05) is 24.3 Å². The van der Waals surface area contributed by atoms with Gasteiger partial charge in [0.1, 0.15) is 12.4 Å². The van der Waals surface area contributed by atoms with E-state index in [9.17, 15) is 9.90 Å². The van der Waals surface area contributed by atoms with Crippen LogP contribution in [0, 0.1) is 5.92 Å². The van der Waals surface area contributed by atoms with E-state index < -0.39 is 0 Å². The summed E-state index contributed by atoms with van der Waals surface area (Å²) in [5, 5.41) is 13.1. The van der Waals surface area contributed by atoms with Crippen molar-refractivity contribution in [1.82, 2.24) is 9.97 Å². The maximum Gasteiger partial charge on any atom is 0.227 e. The van der Waals surface area contributed by atoms with Crippen LogP contribution in [0.5, 0.6) is 5.75 Å². The number of hydrogen-bond acceptors (Lipinski definition) is 7. The lowest BCUT2D eigenvalue weighted by Gasteiger charge is -2.30. The highest BCUT2D eigenvalue weighted by Crippen LogP contribution is 2.34. The fourth-order valence-corrected chi connectivity index (χ4v) is 3.72. The van der Waals surface area contributed by atoms with Crippen molar-refractivity contribution in [2.24, 2.45) is 5.92 Å². The summed E-state index contributed by atoms with van der Waals surface area (Å²) in [6.07, 6.45) is 2.46. The van der Waals surface area contributed by atoms with E-state index in [4.69, 9.17) is 14.5 Å². The molecule has 7 nitrogen and oxygen atoms in total. The number of thiazole rings is 1. The Bertz CT molecular complexity index is 971. The molecule has 1 fully saturated rings. The van der Waals surface area contributed by atoms with E-state index >= 15 is 0 Å². The van der Waals surface area contributed by atoms with Crippen LogP contribution in [0.15, 0.2) is 36.0 Å². The monoisotopic (exact) mass is 399 g/mol. The first kappa shape index (κ1) is 18.8. The van der Waals surface area contributed by atoms with Crippen LogP contribution in [0.1, 0.15) is 12.8 Å². The van der Waals surface area contributed by atoms with Crippen LogP contribution >= 0.6 is 11.3 Å². The van der Waals surface area contributed by atoms with E-state index in [-0.39, 0.29) is 17.9 Å². The number of fused-ring (bicyclic) bond motifs is 1. The van der Waals surface area contributed by atoms with Gasteiger partial charge in [-0.25, -0.2) is 4.98 Å². The van der Waals surface area contributed by atoms with Gasteiger partial charge in [0.25, 0.3) is 0 Å². The summed E-state index contributed by atoms with van der Waals surface area (Å²) >= 11 is 1.51. The van der Waals surface area contributed by atoms with Crippen LogP contribution in [0.25, 0.3) is 21.5 Å². The smallest absolute Gasteiger partial charge is 0.227 e. The molecule has 1 aliphatic carbocycles. The topological polar surface area (TPSA) is 93.6 Å². The number of anilines is 1. The molecule has 0 radical (unpaired) electrons. The van der Waals surface area contributed by atoms with Gasteiger partial charge < -0.3 is 19.9 Å². The second-order valence-electron chi connectivity index (χ2n) is 6.76. The SMILES string of the molecule is COCCOc1cc(-c2cncs2)nc2ccc(NC(=O)[C@H]3C[C@H](O)C3)cc12. The highest BCUT2D eigenvalue weighted by Gasteiger charge is 2.33. The molecule has 0 aliphatic heterocycles. The molecule has 2 aromatic heterocycles. The van der Waals surface area contributed by atoms with Gasteiger partial charge in [-0.15, -0.1) is 11.3 Å². The Kier molecular flexibility index (Phi) is 5.52. The molecule has 1 amide bonds. The van der Waals surface area contributed by atoms with Gasteiger partial charge in [-0.2, -0.15) is 0 Å². The Morgan fingerprint density at radius 2 is 2.18 bits per heavy atom. The summed E-state index contributed by atoms with van der Waals surface area (Å²) in [7, 11) is 1.63. The Hall–Kier alpha value is -2.55. The van der Waals surface area contributed by atoms with Crippen LogP contribution < -0.4 is 10.1 Å². The number of carbonyl (C=O) groups excluding carboxylic acids is 1. The molecular formula is C20H21N3O4S. The predicted octanol–water partition coefficient (Wildman–Crippen LogP) is 3.09. The minimum atomic E-state index is -0.359. The lowest BCUT2D eigenvalue weighted by atomic mass is 9.82. The normalized spacial score (nSPS) is 18.6. The summed E-state index contributed by atoms with van der Waals surface area (Å²) in [5.41, 5.74) is 4.02. The highest BCUT2D eigenvalue weighted by atomic mass is 32.1. The van der Waals surface area contributed by atoms with Gasteiger partial charge >= 0.3 is 0 Å². The van der Waals surface area contributed by atoms with Crippen molar-refractivity contribution < 1.29 is 19.4 Å². The molecule has 28 heavy (non-hydrogen) atoms. The maximum atomic E-state index is 12.3. The van der Waals surface area contributed by atoms with E-state index in [1.165, 1.54) is 11.3 Å². The van der Waals surface area contributed by atoms with Gasteiger partial charge in [-0.3, -0.25) is 9.78 Å². The number of aliphatic hydroxyl groups is 1. The van der Waals surface area contributed by atoms with Gasteiger partial charge in [-0.05, 0) is 31.0 Å². The van der Waals surface area contributed by atoms with Crippen LogP contribution in [0.3, 0.4) is 0 Å². The molecule has 0 atom stereocenters. The minimum absolute atomic E-state index is 0.0688. The van der Waals surface area contributed by atoms with Crippen molar-refractivity contribution in [2.45, 2.75) is 18.9 Å². The zero-order valence-corrected chi connectivity index (χ0v) is 16.2. The highest BCUT2D eigenvalue weighted by molar-refractivity contribution is 7.13. The van der Waals surface area contributed by atoms with Crippen molar-refractivity contribution in [3.8, 4) is 16.3 Å². The number of nitrogens with one attached hydrogen (secondary N) is 1. The van der Waals surface area contributed by atoms with Crippen molar-refractivity contribution in [3.05, 3.63) is 36.0 Å². The molecule has 2 N–H and O–H groups in total. The number of carbonyl (C=O) groups is 1. The van der Waals surface area contributed by atoms with Crippen molar-refractivity contribution in [3.63, 3.8) is 0 Å². The lowest BCUT2D eigenvalue weighted by molar-refractivity contribution is -0.126. The molecule has 0 bridgehead atoms. The standard InChI is InChI=1S/C20H21N3O4S/c1-26-4-5-27-18-9-17(19-10-21-11-28-19)23-16-3-2-13(8-15(16)18)22-20(25)12-6-14(24)7-12/h2-3,8-12,14,24H,4-7H2,1H3,(H,22,25)/t12-,14-. The Morgan fingerprint density at radius 1 is 1.32 bits per heavy atom. The molecule has 0 saturated heterocycles. The van der Waals surface area contributed by atoms with Crippen molar-refractivity contribution in [2.75, 3.05) is 25.6 Å². The first-order valence-corrected chi connectivity index (χ1v) is 9.96. The predicted molar refractivity (Wildman–Crippen MR) is 108 cm³/mol. The number of pyridine rings is 1. The molecular weight excluding hydrogens is 378 g/mol. The van der Waals surface area contributed by atoms with Gasteiger partial charge in [0.15, 0.2) is 0 Å². The van der Waals surface area contributed by atoms with Crippen molar-refractivity contribution in [1.29, 1.82) is 0 Å². The van der Waals surface area contributed by atoms with Gasteiger partial charge in [0.05, 0.1) is 34.3 Å². The van der Waals surface area contributed by atoms with Crippen LogP contribution in [-0.2, 0) is 9.53 Å². The first-order chi connectivity index (χ1) is 13.6. The van der Waals surface area contributed by atoms with Crippen molar-refractivity contribution >= 4 is 33.8 Å². The molecule has 0 unspecified atom stereocenters. The summed E-state index contributed by atoms with van der Waals surface area (Å²) in [4.78, 5) is 22.1. The quantitative estimate of drug-likeness (QED) is 0.593. The minimum Gasteiger partial charge on any atom is -0.490 e. The summed E-state index contributed by atoms with van der Waals surface area (Å²) in [6, 6.07) is 7.46. The van der Waals surface area contributed by atoms with E-state index in [2.05, 4.69) is 10.3 Å². The third-order valence-corrected chi connectivity index (χ3v) is 5.55. The van der Waals surface area contributed by atoms with Crippen LogP contribution in [0.2, 0.25) is 0 Å². The van der Waals surface area contributed by atoms with Crippen LogP contribution in [-0.4, -0.2) is 47.4 Å². The number of benzene rings is 1. The number of hydrogen-bond donors (Lipinski definition) is 2. The summed E-state index contributed by atoms with van der Waals surface area (Å²) < 4.78 is 11.0. The average molecular weight is 399 g/mol. The zero-order valence-electron chi connectivity index (χ0n) is 15.4. The number of methoxy groups -OCH3 is 1. The third kappa shape index (κ3) is 3.99. The second kappa shape index (κ2) is 8.22. The average Bonchev–Trinajstić information content (AvgIpc) is 3.20.